The molecule has 108 valence electrons. The number of nitro groups is 1. The van der Waals surface area contributed by atoms with E-state index in [0.717, 1.165) is 19.4 Å². The zero-order valence-corrected chi connectivity index (χ0v) is 11.9. The maximum Gasteiger partial charge on any atom is 0.310 e. The number of rotatable bonds is 3. The molecule has 1 saturated carbocycles. The number of hydrogen-bond acceptors (Lipinski definition) is 4. The maximum atomic E-state index is 11.1. The van der Waals surface area contributed by atoms with Gasteiger partial charge in [-0.15, -0.1) is 0 Å². The van der Waals surface area contributed by atoms with E-state index in [9.17, 15) is 10.1 Å². The summed E-state index contributed by atoms with van der Waals surface area (Å²) in [5, 5.41) is 18.3. The highest BCUT2D eigenvalue weighted by Gasteiger charge is 2.41. The third-order valence-corrected chi connectivity index (χ3v) is 4.77. The van der Waals surface area contributed by atoms with Gasteiger partial charge in [-0.3, -0.25) is 10.1 Å². The molecule has 2 aliphatic rings. The molecule has 1 unspecified atom stereocenters. The van der Waals surface area contributed by atoms with Crippen LogP contribution in [-0.4, -0.2) is 23.0 Å². The Morgan fingerprint density at radius 3 is 2.90 bits per heavy atom. The SMILES string of the molecule is O=[N+]([O-])c1c(Cl)cccc1NC1CCNC2(CCC2)C1. The number of nitrogens with zero attached hydrogens (tertiary/aromatic N) is 1. The van der Waals surface area contributed by atoms with Crippen LogP contribution in [0.25, 0.3) is 0 Å². The minimum atomic E-state index is -0.412. The fraction of sp³-hybridized carbons (Fsp3) is 0.571. The minimum absolute atomic E-state index is 0.0182. The van der Waals surface area contributed by atoms with Crippen molar-refractivity contribution in [1.29, 1.82) is 0 Å². The van der Waals surface area contributed by atoms with E-state index in [4.69, 9.17) is 11.6 Å². The largest absolute Gasteiger partial charge is 0.377 e. The first-order valence-corrected chi connectivity index (χ1v) is 7.42. The third-order valence-electron chi connectivity index (χ3n) is 4.47. The van der Waals surface area contributed by atoms with E-state index >= 15 is 0 Å². The molecule has 2 fully saturated rings. The van der Waals surface area contributed by atoms with E-state index in [1.54, 1.807) is 18.2 Å². The van der Waals surface area contributed by atoms with Gasteiger partial charge in [0.05, 0.1) is 4.92 Å². The summed E-state index contributed by atoms with van der Waals surface area (Å²) in [4.78, 5) is 10.7. The Morgan fingerprint density at radius 1 is 1.45 bits per heavy atom. The second kappa shape index (κ2) is 5.22. The van der Waals surface area contributed by atoms with Crippen molar-refractivity contribution in [2.75, 3.05) is 11.9 Å². The summed E-state index contributed by atoms with van der Waals surface area (Å²) in [5.41, 5.74) is 0.780. The molecule has 2 N–H and O–H groups in total. The van der Waals surface area contributed by atoms with Gasteiger partial charge in [-0.25, -0.2) is 0 Å². The molecular weight excluding hydrogens is 278 g/mol. The van der Waals surface area contributed by atoms with E-state index in [-0.39, 0.29) is 22.3 Å². The molecule has 1 aromatic carbocycles. The van der Waals surface area contributed by atoms with Crippen LogP contribution >= 0.6 is 11.6 Å². The number of halogens is 1. The highest BCUT2D eigenvalue weighted by molar-refractivity contribution is 6.33. The van der Waals surface area contributed by atoms with E-state index in [1.807, 2.05) is 0 Å². The lowest BCUT2D eigenvalue weighted by Gasteiger charge is -2.48. The number of para-hydroxylation sites is 1. The molecule has 1 aliphatic heterocycles. The smallest absolute Gasteiger partial charge is 0.310 e. The number of piperidine rings is 1. The summed E-state index contributed by atoms with van der Waals surface area (Å²) < 4.78 is 0. The van der Waals surface area contributed by atoms with Crippen LogP contribution in [0.1, 0.15) is 32.1 Å². The molecule has 0 radical (unpaired) electrons. The van der Waals surface area contributed by atoms with Crippen molar-refractivity contribution in [2.45, 2.75) is 43.7 Å². The molecule has 1 aliphatic carbocycles. The average molecular weight is 296 g/mol. The predicted molar refractivity (Wildman–Crippen MR) is 79.3 cm³/mol. The van der Waals surface area contributed by atoms with Gasteiger partial charge in [0, 0.05) is 11.6 Å². The summed E-state index contributed by atoms with van der Waals surface area (Å²) in [5.74, 6) is 0. The van der Waals surface area contributed by atoms with E-state index in [1.165, 1.54) is 19.3 Å². The van der Waals surface area contributed by atoms with Crippen molar-refractivity contribution in [3.05, 3.63) is 33.3 Å². The van der Waals surface area contributed by atoms with Crippen molar-refractivity contribution < 1.29 is 4.92 Å². The van der Waals surface area contributed by atoms with E-state index < -0.39 is 4.92 Å². The molecule has 0 amide bonds. The molecule has 1 heterocycles. The van der Waals surface area contributed by atoms with Gasteiger partial charge in [-0.1, -0.05) is 17.7 Å². The number of nitrogens with one attached hydrogen (secondary N) is 2. The summed E-state index contributed by atoms with van der Waals surface area (Å²) in [6.07, 6.45) is 5.70. The van der Waals surface area contributed by atoms with Gasteiger partial charge < -0.3 is 10.6 Å². The highest BCUT2D eigenvalue weighted by Crippen LogP contribution is 2.40. The van der Waals surface area contributed by atoms with Crippen LogP contribution in [0, 0.1) is 10.1 Å². The number of hydrogen-bond donors (Lipinski definition) is 2. The standard InChI is InChI=1S/C14H18ClN3O2/c15-11-3-1-4-12(13(11)18(19)20)17-10-5-8-16-14(9-10)6-2-7-14/h1,3-4,10,16-17H,2,5-9H2. The molecule has 5 nitrogen and oxygen atoms in total. The third kappa shape index (κ3) is 2.47. The van der Waals surface area contributed by atoms with Crippen LogP contribution in [0.2, 0.25) is 5.02 Å². The Morgan fingerprint density at radius 2 is 2.25 bits per heavy atom. The Kier molecular flexibility index (Phi) is 3.56. The number of anilines is 1. The van der Waals surface area contributed by atoms with Gasteiger partial charge in [0.25, 0.3) is 0 Å². The summed E-state index contributed by atoms with van der Waals surface area (Å²) in [7, 11) is 0. The molecule has 6 heteroatoms. The molecule has 3 rings (SSSR count). The lowest BCUT2D eigenvalue weighted by Crippen LogP contribution is -2.58. The maximum absolute atomic E-state index is 11.1. The van der Waals surface area contributed by atoms with Crippen LogP contribution in [0.15, 0.2) is 18.2 Å². The van der Waals surface area contributed by atoms with Crippen LogP contribution in [0.3, 0.4) is 0 Å². The summed E-state index contributed by atoms with van der Waals surface area (Å²) >= 11 is 5.94. The van der Waals surface area contributed by atoms with Crippen LogP contribution in [-0.2, 0) is 0 Å². The lowest BCUT2D eigenvalue weighted by molar-refractivity contribution is -0.383. The van der Waals surface area contributed by atoms with Gasteiger partial charge in [0.1, 0.15) is 10.7 Å². The van der Waals surface area contributed by atoms with Gasteiger partial charge in [0.15, 0.2) is 0 Å². The second-order valence-electron chi connectivity index (χ2n) is 5.79. The molecule has 20 heavy (non-hydrogen) atoms. The summed E-state index contributed by atoms with van der Waals surface area (Å²) in [6, 6.07) is 5.31. The first-order chi connectivity index (χ1) is 9.60. The molecule has 1 aromatic rings. The van der Waals surface area contributed by atoms with Crippen molar-refractivity contribution >= 4 is 23.0 Å². The minimum Gasteiger partial charge on any atom is -0.377 e. The van der Waals surface area contributed by atoms with Crippen molar-refractivity contribution in [3.8, 4) is 0 Å². The zero-order chi connectivity index (χ0) is 14.2. The van der Waals surface area contributed by atoms with E-state index in [2.05, 4.69) is 10.6 Å². The van der Waals surface area contributed by atoms with Gasteiger partial charge >= 0.3 is 5.69 Å². The van der Waals surface area contributed by atoms with Gasteiger partial charge in [0.2, 0.25) is 0 Å². The lowest BCUT2D eigenvalue weighted by atomic mass is 9.70. The quantitative estimate of drug-likeness (QED) is 0.663. The van der Waals surface area contributed by atoms with Gasteiger partial charge in [-0.05, 0) is 50.8 Å². The van der Waals surface area contributed by atoms with Crippen molar-refractivity contribution in [3.63, 3.8) is 0 Å². The van der Waals surface area contributed by atoms with Gasteiger partial charge in [-0.2, -0.15) is 0 Å². The molecule has 1 spiro atoms. The fourth-order valence-corrected chi connectivity index (χ4v) is 3.55. The predicted octanol–water partition coefficient (Wildman–Crippen LogP) is 3.33. The van der Waals surface area contributed by atoms with Crippen LogP contribution < -0.4 is 10.6 Å². The Balaban J connectivity index is 1.77. The Hall–Kier alpha value is -1.33. The average Bonchev–Trinajstić information content (AvgIpc) is 2.37. The van der Waals surface area contributed by atoms with Crippen LogP contribution in [0.4, 0.5) is 11.4 Å². The first kappa shape index (κ1) is 13.6. The summed E-state index contributed by atoms with van der Waals surface area (Å²) in [6.45, 7) is 0.964. The van der Waals surface area contributed by atoms with Crippen molar-refractivity contribution in [1.82, 2.24) is 5.32 Å². The highest BCUT2D eigenvalue weighted by atomic mass is 35.5. The fourth-order valence-electron chi connectivity index (χ4n) is 3.30. The molecule has 0 bridgehead atoms. The second-order valence-corrected chi connectivity index (χ2v) is 6.20. The molecular formula is C14H18ClN3O2. The Bertz CT molecular complexity index is 531. The topological polar surface area (TPSA) is 67.2 Å². The zero-order valence-electron chi connectivity index (χ0n) is 11.2. The molecule has 1 saturated heterocycles. The first-order valence-electron chi connectivity index (χ1n) is 7.04. The monoisotopic (exact) mass is 295 g/mol. The number of benzene rings is 1. The van der Waals surface area contributed by atoms with E-state index in [0.29, 0.717) is 5.69 Å². The number of nitro benzene ring substituents is 1. The Labute approximate surface area is 122 Å². The van der Waals surface area contributed by atoms with Crippen molar-refractivity contribution in [2.24, 2.45) is 0 Å². The van der Waals surface area contributed by atoms with Crippen LogP contribution in [0.5, 0.6) is 0 Å². The molecule has 0 aromatic heterocycles. The molecule has 1 atom stereocenters. The normalized spacial score (nSPS) is 24.1.